The number of rotatable bonds is 1. The van der Waals surface area contributed by atoms with Crippen molar-refractivity contribution in [2.45, 2.75) is 6.04 Å². The maximum absolute atomic E-state index is 5.80. The lowest BCUT2D eigenvalue weighted by Crippen LogP contribution is -2.24. The Morgan fingerprint density at radius 1 is 1.43 bits per heavy atom. The molecule has 1 aromatic rings. The molecule has 1 aromatic carbocycles. The molecule has 74 valence electrons. The topological polar surface area (TPSA) is 33.6 Å². The molecule has 1 aliphatic rings. The molecule has 0 radical (unpaired) electrons. The number of hydrogen-bond acceptors (Lipinski definition) is 3. The van der Waals surface area contributed by atoms with Crippen LogP contribution >= 0.6 is 11.6 Å². The number of benzene rings is 1. The first-order chi connectivity index (χ1) is 6.79. The summed E-state index contributed by atoms with van der Waals surface area (Å²) in [7, 11) is 1.61. The van der Waals surface area contributed by atoms with E-state index in [0.717, 1.165) is 5.02 Å². The smallest absolute Gasteiger partial charge is 0.284 e. The first-order valence-electron chi connectivity index (χ1n) is 4.40. The summed E-state index contributed by atoms with van der Waals surface area (Å²) < 4.78 is 5.00. The number of methoxy groups -OCH3 is 1. The van der Waals surface area contributed by atoms with Crippen molar-refractivity contribution in [3.05, 3.63) is 34.9 Å². The SMILES string of the molecule is COC1=NCC(c2ccc(Cl)cc2)N1. The van der Waals surface area contributed by atoms with Crippen LogP contribution in [0.15, 0.2) is 29.3 Å². The fourth-order valence-electron chi connectivity index (χ4n) is 1.42. The summed E-state index contributed by atoms with van der Waals surface area (Å²) >= 11 is 5.80. The highest BCUT2D eigenvalue weighted by atomic mass is 35.5. The fourth-order valence-corrected chi connectivity index (χ4v) is 1.55. The van der Waals surface area contributed by atoms with Crippen molar-refractivity contribution in [2.24, 2.45) is 4.99 Å². The Labute approximate surface area is 87.7 Å². The van der Waals surface area contributed by atoms with E-state index in [1.54, 1.807) is 7.11 Å². The summed E-state index contributed by atoms with van der Waals surface area (Å²) in [5.41, 5.74) is 1.17. The van der Waals surface area contributed by atoms with Gasteiger partial charge in [-0.2, -0.15) is 0 Å². The molecule has 0 amide bonds. The zero-order valence-electron chi connectivity index (χ0n) is 7.83. The Morgan fingerprint density at radius 2 is 2.14 bits per heavy atom. The lowest BCUT2D eigenvalue weighted by molar-refractivity contribution is 0.383. The van der Waals surface area contributed by atoms with Gasteiger partial charge < -0.3 is 10.1 Å². The molecule has 1 N–H and O–H groups in total. The number of nitrogens with one attached hydrogen (secondary N) is 1. The van der Waals surface area contributed by atoms with Gasteiger partial charge >= 0.3 is 0 Å². The van der Waals surface area contributed by atoms with Crippen LogP contribution in [0.3, 0.4) is 0 Å². The molecule has 0 saturated carbocycles. The second kappa shape index (κ2) is 3.88. The van der Waals surface area contributed by atoms with Gasteiger partial charge in [-0.1, -0.05) is 23.7 Å². The number of ether oxygens (including phenoxy) is 1. The number of aliphatic imine (C=N–C) groups is 1. The van der Waals surface area contributed by atoms with Gasteiger partial charge in [-0.15, -0.1) is 0 Å². The van der Waals surface area contributed by atoms with Crippen molar-refractivity contribution in [3.63, 3.8) is 0 Å². The average molecular weight is 211 g/mol. The highest BCUT2D eigenvalue weighted by Crippen LogP contribution is 2.19. The third-order valence-corrected chi connectivity index (χ3v) is 2.43. The predicted octanol–water partition coefficient (Wildman–Crippen LogP) is 1.99. The summed E-state index contributed by atoms with van der Waals surface area (Å²) in [5.74, 6) is 0. The summed E-state index contributed by atoms with van der Waals surface area (Å²) in [5, 5.41) is 3.91. The summed E-state index contributed by atoms with van der Waals surface area (Å²) in [4.78, 5) is 4.18. The Balaban J connectivity index is 2.08. The van der Waals surface area contributed by atoms with E-state index in [-0.39, 0.29) is 6.04 Å². The zero-order valence-corrected chi connectivity index (χ0v) is 8.58. The normalized spacial score (nSPS) is 20.1. The summed E-state index contributed by atoms with van der Waals surface area (Å²) in [6, 6.07) is 8.56. The zero-order chi connectivity index (χ0) is 9.97. The lowest BCUT2D eigenvalue weighted by atomic mass is 10.1. The maximum atomic E-state index is 5.80. The third-order valence-electron chi connectivity index (χ3n) is 2.18. The number of nitrogens with zero attached hydrogens (tertiary/aromatic N) is 1. The Morgan fingerprint density at radius 3 is 2.71 bits per heavy atom. The van der Waals surface area contributed by atoms with Crippen LogP contribution in [0.1, 0.15) is 11.6 Å². The van der Waals surface area contributed by atoms with E-state index in [2.05, 4.69) is 10.3 Å². The van der Waals surface area contributed by atoms with Crippen molar-refractivity contribution < 1.29 is 4.74 Å². The second-order valence-electron chi connectivity index (χ2n) is 3.10. The quantitative estimate of drug-likeness (QED) is 0.769. The van der Waals surface area contributed by atoms with Gasteiger partial charge in [0.1, 0.15) is 0 Å². The number of hydrogen-bond donors (Lipinski definition) is 1. The molecule has 0 aliphatic carbocycles. The van der Waals surface area contributed by atoms with Crippen LogP contribution in [0, 0.1) is 0 Å². The molecule has 0 fully saturated rings. The Hall–Kier alpha value is -1.22. The van der Waals surface area contributed by atoms with Gasteiger partial charge in [-0.3, -0.25) is 0 Å². The average Bonchev–Trinajstić information content (AvgIpc) is 2.67. The molecule has 0 aromatic heterocycles. The van der Waals surface area contributed by atoms with Crippen LogP contribution in [0.25, 0.3) is 0 Å². The molecule has 4 heteroatoms. The fraction of sp³-hybridized carbons (Fsp3) is 0.300. The Bertz CT molecular complexity index is 348. The molecule has 14 heavy (non-hydrogen) atoms. The van der Waals surface area contributed by atoms with E-state index in [9.17, 15) is 0 Å². The van der Waals surface area contributed by atoms with Gasteiger partial charge in [0.25, 0.3) is 6.02 Å². The van der Waals surface area contributed by atoms with Gasteiger partial charge in [0.15, 0.2) is 0 Å². The van der Waals surface area contributed by atoms with Gasteiger partial charge in [0, 0.05) is 5.02 Å². The minimum atomic E-state index is 0.210. The second-order valence-corrected chi connectivity index (χ2v) is 3.53. The number of halogens is 1. The highest BCUT2D eigenvalue weighted by molar-refractivity contribution is 6.30. The largest absolute Gasteiger partial charge is 0.469 e. The standard InChI is InChI=1S/C10H11ClN2O/c1-14-10-12-6-9(13-10)7-2-4-8(11)5-3-7/h2-5,9H,6H2,1H3,(H,12,13). The third kappa shape index (κ3) is 1.82. The van der Waals surface area contributed by atoms with E-state index in [0.29, 0.717) is 12.6 Å². The Kier molecular flexibility index (Phi) is 2.59. The van der Waals surface area contributed by atoms with Crippen molar-refractivity contribution in [1.82, 2.24) is 5.32 Å². The molecular formula is C10H11ClN2O. The minimum Gasteiger partial charge on any atom is -0.469 e. The van der Waals surface area contributed by atoms with Crippen LogP contribution in [-0.4, -0.2) is 19.7 Å². The molecule has 3 nitrogen and oxygen atoms in total. The van der Waals surface area contributed by atoms with Crippen LogP contribution in [-0.2, 0) is 4.74 Å². The molecule has 2 rings (SSSR count). The lowest BCUT2D eigenvalue weighted by Gasteiger charge is -2.10. The van der Waals surface area contributed by atoms with Crippen LogP contribution in [0.4, 0.5) is 0 Å². The minimum absolute atomic E-state index is 0.210. The van der Waals surface area contributed by atoms with Crippen LogP contribution in [0.5, 0.6) is 0 Å². The van der Waals surface area contributed by atoms with Crippen molar-refractivity contribution >= 4 is 17.6 Å². The van der Waals surface area contributed by atoms with E-state index >= 15 is 0 Å². The van der Waals surface area contributed by atoms with Gasteiger partial charge in [-0.25, -0.2) is 4.99 Å². The van der Waals surface area contributed by atoms with Gasteiger partial charge in [0.2, 0.25) is 0 Å². The molecule has 0 saturated heterocycles. The summed E-state index contributed by atoms with van der Waals surface area (Å²) in [6.45, 7) is 0.713. The first kappa shape index (κ1) is 9.34. The van der Waals surface area contributed by atoms with Crippen molar-refractivity contribution in [2.75, 3.05) is 13.7 Å². The predicted molar refractivity (Wildman–Crippen MR) is 56.6 cm³/mol. The molecule has 1 aliphatic heterocycles. The molecule has 1 atom stereocenters. The van der Waals surface area contributed by atoms with E-state index in [1.165, 1.54) is 5.56 Å². The summed E-state index contributed by atoms with van der Waals surface area (Å²) in [6.07, 6.45) is 0. The van der Waals surface area contributed by atoms with Gasteiger partial charge in [0.05, 0.1) is 19.7 Å². The van der Waals surface area contributed by atoms with Gasteiger partial charge in [-0.05, 0) is 17.7 Å². The van der Waals surface area contributed by atoms with Crippen LogP contribution < -0.4 is 5.32 Å². The molecule has 0 bridgehead atoms. The van der Waals surface area contributed by atoms with E-state index < -0.39 is 0 Å². The van der Waals surface area contributed by atoms with Crippen molar-refractivity contribution in [3.8, 4) is 0 Å². The van der Waals surface area contributed by atoms with Crippen molar-refractivity contribution in [1.29, 1.82) is 0 Å². The maximum Gasteiger partial charge on any atom is 0.284 e. The molecular weight excluding hydrogens is 200 g/mol. The van der Waals surface area contributed by atoms with E-state index in [4.69, 9.17) is 16.3 Å². The monoisotopic (exact) mass is 210 g/mol. The van der Waals surface area contributed by atoms with E-state index in [1.807, 2.05) is 24.3 Å². The molecule has 0 spiro atoms. The molecule has 1 unspecified atom stereocenters. The highest BCUT2D eigenvalue weighted by Gasteiger charge is 2.18. The molecule has 1 heterocycles. The number of amidine groups is 1. The van der Waals surface area contributed by atoms with Crippen LogP contribution in [0.2, 0.25) is 5.02 Å². The first-order valence-corrected chi connectivity index (χ1v) is 4.78.